The van der Waals surface area contributed by atoms with E-state index in [-0.39, 0.29) is 6.04 Å². The second-order valence-electron chi connectivity index (χ2n) is 4.06. The Labute approximate surface area is 105 Å². The number of rotatable bonds is 5. The molecule has 1 atom stereocenters. The largest absolute Gasteiger partial charge is 0.383 e. The molecule has 17 heavy (non-hydrogen) atoms. The molecule has 0 aliphatic rings. The first-order valence-corrected chi connectivity index (χ1v) is 6.33. The molecular weight excluding hydrogens is 234 g/mol. The molecule has 0 radical (unpaired) electrons. The maximum Gasteiger partial charge on any atom is 0.186 e. The van der Waals surface area contributed by atoms with E-state index in [1.165, 1.54) is 4.70 Å². The molecule has 1 unspecified atom stereocenters. The molecule has 1 aromatic heterocycles. The Balaban J connectivity index is 2.10. The number of aromatic nitrogens is 1. The number of thiazole rings is 1. The summed E-state index contributed by atoms with van der Waals surface area (Å²) in [4.78, 5) is 6.65. The molecule has 0 aliphatic carbocycles. The van der Waals surface area contributed by atoms with Gasteiger partial charge in [0.1, 0.15) is 0 Å². The predicted molar refractivity (Wildman–Crippen MR) is 72.7 cm³/mol. The lowest BCUT2D eigenvalue weighted by Gasteiger charge is -2.19. The highest BCUT2D eigenvalue weighted by Gasteiger charge is 2.11. The number of para-hydroxylation sites is 1. The first kappa shape index (κ1) is 12.3. The van der Waals surface area contributed by atoms with Crippen molar-refractivity contribution >= 4 is 26.7 Å². The van der Waals surface area contributed by atoms with Crippen LogP contribution in [0.2, 0.25) is 0 Å². The van der Waals surface area contributed by atoms with E-state index in [9.17, 15) is 0 Å². The van der Waals surface area contributed by atoms with Crippen LogP contribution < -0.4 is 10.6 Å². The third-order valence-corrected chi connectivity index (χ3v) is 3.65. The Morgan fingerprint density at radius 1 is 1.47 bits per heavy atom. The molecule has 92 valence electrons. The number of likely N-dealkylation sites (N-methyl/N-ethyl adjacent to an activating group) is 1. The van der Waals surface area contributed by atoms with E-state index in [2.05, 4.69) is 16.0 Å². The average molecular weight is 251 g/mol. The highest BCUT2D eigenvalue weighted by atomic mass is 32.1. The third-order valence-electron chi connectivity index (χ3n) is 2.50. The van der Waals surface area contributed by atoms with Crippen molar-refractivity contribution < 1.29 is 4.74 Å². The molecule has 2 rings (SSSR count). The SMILES string of the molecule is COCC(N)CN(C)c1nc2ccccc2s1. The number of hydrogen-bond donors (Lipinski definition) is 1. The summed E-state index contributed by atoms with van der Waals surface area (Å²) < 4.78 is 6.23. The second-order valence-corrected chi connectivity index (χ2v) is 5.07. The van der Waals surface area contributed by atoms with Crippen LogP contribution in [0.25, 0.3) is 10.2 Å². The monoisotopic (exact) mass is 251 g/mol. The lowest BCUT2D eigenvalue weighted by molar-refractivity contribution is 0.181. The van der Waals surface area contributed by atoms with E-state index in [4.69, 9.17) is 10.5 Å². The topological polar surface area (TPSA) is 51.4 Å². The first-order chi connectivity index (χ1) is 8.20. The van der Waals surface area contributed by atoms with Gasteiger partial charge in [-0.15, -0.1) is 0 Å². The summed E-state index contributed by atoms with van der Waals surface area (Å²) in [5, 5.41) is 0.998. The summed E-state index contributed by atoms with van der Waals surface area (Å²) in [5.41, 5.74) is 6.97. The van der Waals surface area contributed by atoms with Crippen LogP contribution in [0.4, 0.5) is 5.13 Å². The molecule has 2 aromatic rings. The van der Waals surface area contributed by atoms with Crippen molar-refractivity contribution in [2.75, 3.05) is 32.2 Å². The van der Waals surface area contributed by atoms with Crippen LogP contribution in [-0.2, 0) is 4.74 Å². The highest BCUT2D eigenvalue weighted by Crippen LogP contribution is 2.27. The number of ether oxygens (including phenoxy) is 1. The number of anilines is 1. The highest BCUT2D eigenvalue weighted by molar-refractivity contribution is 7.22. The normalized spacial score (nSPS) is 12.9. The van der Waals surface area contributed by atoms with Gasteiger partial charge in [-0.05, 0) is 12.1 Å². The van der Waals surface area contributed by atoms with Crippen molar-refractivity contribution in [3.63, 3.8) is 0 Å². The molecule has 1 heterocycles. The molecule has 5 heteroatoms. The summed E-state index contributed by atoms with van der Waals surface area (Å²) in [6, 6.07) is 8.15. The summed E-state index contributed by atoms with van der Waals surface area (Å²) >= 11 is 1.68. The summed E-state index contributed by atoms with van der Waals surface area (Å²) in [6.07, 6.45) is 0. The van der Waals surface area contributed by atoms with E-state index in [0.29, 0.717) is 6.61 Å². The van der Waals surface area contributed by atoms with Crippen LogP contribution in [-0.4, -0.2) is 38.3 Å². The van der Waals surface area contributed by atoms with E-state index >= 15 is 0 Å². The number of benzene rings is 1. The first-order valence-electron chi connectivity index (χ1n) is 5.52. The third kappa shape index (κ3) is 2.94. The Morgan fingerprint density at radius 3 is 2.94 bits per heavy atom. The Kier molecular flexibility index (Phi) is 3.93. The zero-order valence-corrected chi connectivity index (χ0v) is 10.9. The number of nitrogens with zero attached hydrogens (tertiary/aromatic N) is 2. The molecule has 4 nitrogen and oxygen atoms in total. The lowest BCUT2D eigenvalue weighted by atomic mass is 10.3. The van der Waals surface area contributed by atoms with Crippen LogP contribution in [0, 0.1) is 0 Å². The average Bonchev–Trinajstić information content (AvgIpc) is 2.72. The Bertz CT molecular complexity index is 452. The molecule has 0 aliphatic heterocycles. The molecule has 0 saturated carbocycles. The van der Waals surface area contributed by atoms with Gasteiger partial charge in [-0.25, -0.2) is 4.98 Å². The number of nitrogens with two attached hydrogens (primary N) is 1. The van der Waals surface area contributed by atoms with Crippen molar-refractivity contribution in [1.82, 2.24) is 4.98 Å². The molecule has 2 N–H and O–H groups in total. The smallest absolute Gasteiger partial charge is 0.186 e. The van der Waals surface area contributed by atoms with Gasteiger partial charge in [-0.3, -0.25) is 0 Å². The molecule has 0 saturated heterocycles. The lowest BCUT2D eigenvalue weighted by Crippen LogP contribution is -2.38. The fourth-order valence-corrected chi connectivity index (χ4v) is 2.66. The zero-order valence-electron chi connectivity index (χ0n) is 10.1. The van der Waals surface area contributed by atoms with Gasteiger partial charge in [0.2, 0.25) is 0 Å². The van der Waals surface area contributed by atoms with Crippen molar-refractivity contribution in [3.8, 4) is 0 Å². The molecule has 0 bridgehead atoms. The van der Waals surface area contributed by atoms with Crippen molar-refractivity contribution in [1.29, 1.82) is 0 Å². The number of fused-ring (bicyclic) bond motifs is 1. The van der Waals surface area contributed by atoms with Gasteiger partial charge in [0.15, 0.2) is 5.13 Å². The van der Waals surface area contributed by atoms with Gasteiger partial charge in [0, 0.05) is 26.7 Å². The maximum absolute atomic E-state index is 5.93. The van der Waals surface area contributed by atoms with Gasteiger partial charge in [-0.2, -0.15) is 0 Å². The number of methoxy groups -OCH3 is 1. The van der Waals surface area contributed by atoms with E-state index in [0.717, 1.165) is 17.2 Å². The minimum atomic E-state index is 0.0111. The number of hydrogen-bond acceptors (Lipinski definition) is 5. The van der Waals surface area contributed by atoms with E-state index < -0.39 is 0 Å². The molecule has 1 aromatic carbocycles. The van der Waals surface area contributed by atoms with Crippen LogP contribution >= 0.6 is 11.3 Å². The fraction of sp³-hybridized carbons (Fsp3) is 0.417. The van der Waals surface area contributed by atoms with Gasteiger partial charge in [-0.1, -0.05) is 23.5 Å². The van der Waals surface area contributed by atoms with Gasteiger partial charge in [0.05, 0.1) is 16.8 Å². The molecular formula is C12H17N3OS. The van der Waals surface area contributed by atoms with Gasteiger partial charge >= 0.3 is 0 Å². The van der Waals surface area contributed by atoms with Crippen molar-refractivity contribution in [2.45, 2.75) is 6.04 Å². The van der Waals surface area contributed by atoms with Crippen LogP contribution in [0.5, 0.6) is 0 Å². The quantitative estimate of drug-likeness (QED) is 0.879. The molecule has 0 fully saturated rings. The van der Waals surface area contributed by atoms with Gasteiger partial charge in [0.25, 0.3) is 0 Å². The van der Waals surface area contributed by atoms with Crippen LogP contribution in [0.3, 0.4) is 0 Å². The zero-order chi connectivity index (χ0) is 12.3. The summed E-state index contributed by atoms with van der Waals surface area (Å²) in [7, 11) is 3.67. The Hall–Kier alpha value is -1.17. The second kappa shape index (κ2) is 5.44. The van der Waals surface area contributed by atoms with Crippen LogP contribution in [0.15, 0.2) is 24.3 Å². The van der Waals surface area contributed by atoms with Crippen molar-refractivity contribution in [3.05, 3.63) is 24.3 Å². The molecule has 0 amide bonds. The van der Waals surface area contributed by atoms with Crippen LogP contribution in [0.1, 0.15) is 0 Å². The Morgan fingerprint density at radius 2 is 2.24 bits per heavy atom. The van der Waals surface area contributed by atoms with E-state index in [1.807, 2.05) is 25.2 Å². The maximum atomic E-state index is 5.93. The van der Waals surface area contributed by atoms with E-state index in [1.54, 1.807) is 18.4 Å². The minimum Gasteiger partial charge on any atom is -0.383 e. The van der Waals surface area contributed by atoms with Crippen molar-refractivity contribution in [2.24, 2.45) is 5.73 Å². The standard InChI is InChI=1S/C12H17N3OS/c1-15(7-9(13)8-16-2)12-14-10-5-3-4-6-11(10)17-12/h3-6,9H,7-8,13H2,1-2H3. The molecule has 0 spiro atoms. The minimum absolute atomic E-state index is 0.0111. The summed E-state index contributed by atoms with van der Waals surface area (Å²) in [6.45, 7) is 1.31. The fourth-order valence-electron chi connectivity index (χ4n) is 1.72. The van der Waals surface area contributed by atoms with Gasteiger partial charge < -0.3 is 15.4 Å². The summed E-state index contributed by atoms with van der Waals surface area (Å²) in [5.74, 6) is 0. The predicted octanol–water partition coefficient (Wildman–Crippen LogP) is 1.71.